The fourth-order valence-corrected chi connectivity index (χ4v) is 2.75. The van der Waals surface area contributed by atoms with Gasteiger partial charge in [-0.25, -0.2) is 4.98 Å². The van der Waals surface area contributed by atoms with Crippen LogP contribution in [0.5, 0.6) is 0 Å². The number of aryl methyl sites for hydroxylation is 3. The molecule has 0 aliphatic heterocycles. The summed E-state index contributed by atoms with van der Waals surface area (Å²) < 4.78 is 0. The third-order valence-electron chi connectivity index (χ3n) is 3.64. The van der Waals surface area contributed by atoms with Crippen molar-refractivity contribution in [3.8, 4) is 17.3 Å². The molecule has 0 saturated heterocycles. The number of aromatic nitrogens is 2. The second kappa shape index (κ2) is 5.50. The number of nitrogens with zero attached hydrogens (tertiary/aromatic N) is 2. The number of aromatic amines is 1. The Bertz CT molecular complexity index is 636. The maximum absolute atomic E-state index is 9.27. The van der Waals surface area contributed by atoms with Gasteiger partial charge in [-0.3, -0.25) is 0 Å². The number of nitrogens with one attached hydrogen (secondary N) is 1. The van der Waals surface area contributed by atoms with Gasteiger partial charge in [-0.1, -0.05) is 31.5 Å². The van der Waals surface area contributed by atoms with Crippen LogP contribution >= 0.6 is 0 Å². The summed E-state index contributed by atoms with van der Waals surface area (Å²) >= 11 is 0. The molecule has 104 valence electrons. The third-order valence-corrected chi connectivity index (χ3v) is 3.64. The second-order valence-corrected chi connectivity index (χ2v) is 5.81. The van der Waals surface area contributed by atoms with E-state index in [2.05, 4.69) is 48.9 Å². The quantitative estimate of drug-likeness (QED) is 0.903. The summed E-state index contributed by atoms with van der Waals surface area (Å²) in [5.74, 6) is 0.825. The first-order valence-electron chi connectivity index (χ1n) is 6.96. The Balaban J connectivity index is 2.47. The molecule has 0 fully saturated rings. The minimum Gasteiger partial charge on any atom is -0.341 e. The molecular formula is C17H21N3. The van der Waals surface area contributed by atoms with Crippen molar-refractivity contribution in [2.45, 2.75) is 40.5 Å². The number of benzene rings is 1. The molecule has 0 saturated carbocycles. The number of imidazole rings is 1. The van der Waals surface area contributed by atoms with Crippen molar-refractivity contribution in [2.24, 2.45) is 5.92 Å². The summed E-state index contributed by atoms with van der Waals surface area (Å²) in [6, 6.07) is 6.67. The van der Waals surface area contributed by atoms with Gasteiger partial charge in [0.25, 0.3) is 0 Å². The third kappa shape index (κ3) is 2.60. The molecular weight excluding hydrogens is 246 g/mol. The molecule has 0 radical (unpaired) electrons. The van der Waals surface area contributed by atoms with Crippen LogP contribution in [0.3, 0.4) is 0 Å². The summed E-state index contributed by atoms with van der Waals surface area (Å²) in [7, 11) is 0. The standard InChI is InChI=1S/C17H21N3/c1-10(2)14(8-18)17-19-9-15(20-17)16-12(4)6-11(3)7-13(16)5/h6-7,9-10,14H,1-5H3,(H,19,20). The predicted molar refractivity (Wildman–Crippen MR) is 81.4 cm³/mol. The van der Waals surface area contributed by atoms with E-state index in [4.69, 9.17) is 0 Å². The van der Waals surface area contributed by atoms with Crippen molar-refractivity contribution in [1.82, 2.24) is 9.97 Å². The van der Waals surface area contributed by atoms with E-state index in [1.54, 1.807) is 0 Å². The van der Waals surface area contributed by atoms with Gasteiger partial charge in [0.2, 0.25) is 0 Å². The van der Waals surface area contributed by atoms with E-state index in [1.165, 1.54) is 22.3 Å². The normalized spacial score (nSPS) is 12.4. The van der Waals surface area contributed by atoms with E-state index in [1.807, 2.05) is 20.0 Å². The van der Waals surface area contributed by atoms with E-state index >= 15 is 0 Å². The Labute approximate surface area is 120 Å². The van der Waals surface area contributed by atoms with Gasteiger partial charge in [0, 0.05) is 5.56 Å². The van der Waals surface area contributed by atoms with Gasteiger partial charge in [0.15, 0.2) is 0 Å². The highest BCUT2D eigenvalue weighted by Gasteiger charge is 2.19. The highest BCUT2D eigenvalue weighted by Crippen LogP contribution is 2.29. The number of H-pyrrole nitrogens is 1. The summed E-state index contributed by atoms with van der Waals surface area (Å²) in [6.07, 6.45) is 1.84. The lowest BCUT2D eigenvalue weighted by Crippen LogP contribution is -2.06. The molecule has 0 amide bonds. The minimum atomic E-state index is -0.185. The maximum Gasteiger partial charge on any atom is 0.124 e. The maximum atomic E-state index is 9.27. The van der Waals surface area contributed by atoms with Crippen molar-refractivity contribution < 1.29 is 0 Å². The fraction of sp³-hybridized carbons (Fsp3) is 0.412. The molecule has 20 heavy (non-hydrogen) atoms. The van der Waals surface area contributed by atoms with E-state index < -0.39 is 0 Å². The van der Waals surface area contributed by atoms with Crippen molar-refractivity contribution in [3.63, 3.8) is 0 Å². The van der Waals surface area contributed by atoms with Gasteiger partial charge in [0.1, 0.15) is 11.7 Å². The number of nitriles is 1. The molecule has 1 aromatic heterocycles. The van der Waals surface area contributed by atoms with Crippen LogP contribution in [-0.2, 0) is 0 Å². The van der Waals surface area contributed by atoms with Gasteiger partial charge < -0.3 is 4.98 Å². The molecule has 1 unspecified atom stereocenters. The Morgan fingerprint density at radius 2 is 1.75 bits per heavy atom. The first-order valence-corrected chi connectivity index (χ1v) is 6.96. The summed E-state index contributed by atoms with van der Waals surface area (Å²) in [4.78, 5) is 7.74. The molecule has 1 N–H and O–H groups in total. The zero-order valence-electron chi connectivity index (χ0n) is 12.8. The lowest BCUT2D eigenvalue weighted by molar-refractivity contribution is 0.566. The molecule has 0 spiro atoms. The Morgan fingerprint density at radius 1 is 1.15 bits per heavy atom. The molecule has 3 heteroatoms. The molecule has 1 aromatic carbocycles. The Kier molecular flexibility index (Phi) is 3.94. The Hall–Kier alpha value is -2.08. The highest BCUT2D eigenvalue weighted by molar-refractivity contribution is 5.67. The fourth-order valence-electron chi connectivity index (χ4n) is 2.75. The minimum absolute atomic E-state index is 0.185. The van der Waals surface area contributed by atoms with Crippen molar-refractivity contribution in [2.75, 3.05) is 0 Å². The van der Waals surface area contributed by atoms with Crippen LogP contribution < -0.4 is 0 Å². The van der Waals surface area contributed by atoms with Crippen molar-refractivity contribution >= 4 is 0 Å². The SMILES string of the molecule is Cc1cc(C)c(-c2cnc(C(C#N)C(C)C)[nH]2)c(C)c1. The molecule has 1 heterocycles. The van der Waals surface area contributed by atoms with E-state index in [0.717, 1.165) is 11.5 Å². The van der Waals surface area contributed by atoms with Crippen LogP contribution in [-0.4, -0.2) is 9.97 Å². The molecule has 0 aliphatic carbocycles. The first-order chi connectivity index (χ1) is 9.43. The molecule has 1 atom stereocenters. The largest absolute Gasteiger partial charge is 0.341 e. The number of hydrogen-bond acceptors (Lipinski definition) is 2. The zero-order chi connectivity index (χ0) is 14.9. The van der Waals surface area contributed by atoms with E-state index in [0.29, 0.717) is 0 Å². The van der Waals surface area contributed by atoms with Gasteiger partial charge >= 0.3 is 0 Å². The topological polar surface area (TPSA) is 52.5 Å². The molecule has 0 bridgehead atoms. The first kappa shape index (κ1) is 14.3. The summed E-state index contributed by atoms with van der Waals surface area (Å²) in [5, 5.41) is 9.27. The van der Waals surface area contributed by atoms with Crippen LogP contribution in [0.15, 0.2) is 18.3 Å². The number of rotatable bonds is 3. The average Bonchev–Trinajstić information content (AvgIpc) is 2.77. The van der Waals surface area contributed by atoms with Crippen LogP contribution in [0.2, 0.25) is 0 Å². The average molecular weight is 267 g/mol. The lowest BCUT2D eigenvalue weighted by atomic mass is 9.96. The summed E-state index contributed by atoms with van der Waals surface area (Å²) in [6.45, 7) is 10.4. The van der Waals surface area contributed by atoms with E-state index in [-0.39, 0.29) is 11.8 Å². The van der Waals surface area contributed by atoms with Gasteiger partial charge in [-0.05, 0) is 37.8 Å². The molecule has 3 nitrogen and oxygen atoms in total. The lowest BCUT2D eigenvalue weighted by Gasteiger charge is -2.11. The van der Waals surface area contributed by atoms with Crippen LogP contribution in [0.1, 0.15) is 42.3 Å². The van der Waals surface area contributed by atoms with E-state index in [9.17, 15) is 5.26 Å². The Morgan fingerprint density at radius 3 is 2.25 bits per heavy atom. The van der Waals surface area contributed by atoms with Crippen LogP contribution in [0.4, 0.5) is 0 Å². The smallest absolute Gasteiger partial charge is 0.124 e. The number of hydrogen-bond donors (Lipinski definition) is 1. The van der Waals surface area contributed by atoms with Crippen LogP contribution in [0, 0.1) is 38.0 Å². The van der Waals surface area contributed by atoms with Gasteiger partial charge in [-0.2, -0.15) is 5.26 Å². The van der Waals surface area contributed by atoms with Gasteiger partial charge in [0.05, 0.1) is 18.0 Å². The van der Waals surface area contributed by atoms with Crippen molar-refractivity contribution in [1.29, 1.82) is 5.26 Å². The molecule has 2 aromatic rings. The second-order valence-electron chi connectivity index (χ2n) is 5.81. The summed E-state index contributed by atoms with van der Waals surface area (Å²) in [5.41, 5.74) is 5.91. The van der Waals surface area contributed by atoms with Gasteiger partial charge in [-0.15, -0.1) is 0 Å². The van der Waals surface area contributed by atoms with Crippen LogP contribution in [0.25, 0.3) is 11.3 Å². The highest BCUT2D eigenvalue weighted by atomic mass is 14.9. The van der Waals surface area contributed by atoms with Crippen molar-refractivity contribution in [3.05, 3.63) is 40.8 Å². The zero-order valence-corrected chi connectivity index (χ0v) is 12.8. The molecule has 2 rings (SSSR count). The predicted octanol–water partition coefficient (Wildman–Crippen LogP) is 4.27. The molecule has 0 aliphatic rings. The monoisotopic (exact) mass is 267 g/mol.